The van der Waals surface area contributed by atoms with Crippen LogP contribution in [-0.4, -0.2) is 87.6 Å². The van der Waals surface area contributed by atoms with Gasteiger partial charge < -0.3 is 31.3 Å². The number of Topliss-reactive ketones (excluding diaryl/α,β-unsaturated/α-hetero) is 2. The Morgan fingerprint density at radius 1 is 1.02 bits per heavy atom. The molecule has 14 heteroatoms. The summed E-state index contributed by atoms with van der Waals surface area (Å²) >= 11 is 1.20. The number of hydrogen-bond donors (Lipinski definition) is 4. The Morgan fingerprint density at radius 2 is 1.73 bits per heavy atom. The molecule has 0 radical (unpaired) electrons. The first-order chi connectivity index (χ1) is 22.8. The lowest BCUT2D eigenvalue weighted by Gasteiger charge is -2.37. The highest BCUT2D eigenvalue weighted by molar-refractivity contribution is 7.11. The number of likely N-dealkylation sites (tertiary alicyclic amines) is 1. The van der Waals surface area contributed by atoms with Crippen molar-refractivity contribution in [2.24, 2.45) is 29.4 Å². The molecular weight excluding hydrogens is 636 g/mol. The standard InChI is InChI=1S/C34H50N6O7S/c1-18(2)24(28(42)31-36-13-14-48-31)38-33(46)39-25(20-11-6-5-7-12-20)32(45)40-17-23-21(16-34(3,4)47-23)26(40)30(44)37-22(27(41)29(35)43)15-19-9-8-10-19/h13-14,18-26H,5-12,15-17H2,1-4H3,(H2,35,43)(H,37,44)(H2,38,39,46)/t21?,22?,23?,24-,25-,26-/m0/s1. The summed E-state index contributed by atoms with van der Waals surface area (Å²) in [5.74, 6) is -3.75. The van der Waals surface area contributed by atoms with Gasteiger partial charge in [-0.15, -0.1) is 11.3 Å². The number of thiazole rings is 1. The van der Waals surface area contributed by atoms with E-state index in [1.807, 2.05) is 27.7 Å². The lowest BCUT2D eigenvalue weighted by Crippen LogP contribution is -2.61. The molecule has 48 heavy (non-hydrogen) atoms. The summed E-state index contributed by atoms with van der Waals surface area (Å²) in [7, 11) is 0. The molecule has 5 rings (SSSR count). The zero-order chi connectivity index (χ0) is 34.7. The maximum Gasteiger partial charge on any atom is 0.316 e. The number of fused-ring (bicyclic) bond motifs is 1. The fourth-order valence-electron chi connectivity index (χ4n) is 7.92. The van der Waals surface area contributed by atoms with Crippen molar-refractivity contribution in [3.8, 4) is 0 Å². The van der Waals surface area contributed by atoms with Gasteiger partial charge in [0.1, 0.15) is 12.1 Å². The van der Waals surface area contributed by atoms with E-state index in [9.17, 15) is 28.8 Å². The van der Waals surface area contributed by atoms with Crippen molar-refractivity contribution in [3.05, 3.63) is 16.6 Å². The summed E-state index contributed by atoms with van der Waals surface area (Å²) in [6, 6.07) is -4.50. The number of nitrogens with two attached hydrogens (primary N) is 1. The Kier molecular flexibility index (Phi) is 11.2. The van der Waals surface area contributed by atoms with Crippen LogP contribution >= 0.6 is 11.3 Å². The van der Waals surface area contributed by atoms with E-state index in [2.05, 4.69) is 20.9 Å². The van der Waals surface area contributed by atoms with Crippen molar-refractivity contribution in [1.29, 1.82) is 0 Å². The Labute approximate surface area is 285 Å². The van der Waals surface area contributed by atoms with Crippen molar-refractivity contribution in [2.45, 2.75) is 128 Å². The summed E-state index contributed by atoms with van der Waals surface area (Å²) in [6.07, 6.45) is 9.05. The molecule has 264 valence electrons. The van der Waals surface area contributed by atoms with Crippen LogP contribution in [0.2, 0.25) is 0 Å². The SMILES string of the molecule is CC(C)[C@H](NC(=O)N[C@H](C(=O)N1CC2OC(C)(C)CC2[C@H]1C(=O)NC(CC1CCC1)C(=O)C(N)=O)C1CCCCC1)C(=O)c1nccs1. The number of nitrogens with one attached hydrogen (secondary N) is 3. The Morgan fingerprint density at radius 3 is 2.31 bits per heavy atom. The van der Waals surface area contributed by atoms with Crippen molar-refractivity contribution >= 4 is 46.7 Å². The smallest absolute Gasteiger partial charge is 0.316 e. The van der Waals surface area contributed by atoms with Gasteiger partial charge in [-0.05, 0) is 57.3 Å². The molecule has 3 unspecified atom stereocenters. The number of primary amides is 1. The molecular formula is C34H50N6O7S. The van der Waals surface area contributed by atoms with Crippen LogP contribution < -0.4 is 21.7 Å². The van der Waals surface area contributed by atoms with Gasteiger partial charge in [0.15, 0.2) is 5.01 Å². The second kappa shape index (κ2) is 15.0. The molecule has 0 spiro atoms. The fraction of sp³-hybridized carbons (Fsp3) is 0.735. The zero-order valence-corrected chi connectivity index (χ0v) is 29.2. The predicted molar refractivity (Wildman–Crippen MR) is 178 cm³/mol. The highest BCUT2D eigenvalue weighted by Gasteiger charge is 2.56. The molecule has 1 aromatic heterocycles. The van der Waals surface area contributed by atoms with Gasteiger partial charge in [0.05, 0.1) is 23.8 Å². The molecule has 2 saturated heterocycles. The van der Waals surface area contributed by atoms with Crippen molar-refractivity contribution in [1.82, 2.24) is 25.8 Å². The van der Waals surface area contributed by atoms with Crippen LogP contribution in [0.15, 0.2) is 11.6 Å². The molecule has 0 aromatic carbocycles. The molecule has 2 aliphatic heterocycles. The van der Waals surface area contributed by atoms with Gasteiger partial charge >= 0.3 is 6.03 Å². The quantitative estimate of drug-likeness (QED) is 0.180. The fourth-order valence-corrected chi connectivity index (χ4v) is 8.54. The van der Waals surface area contributed by atoms with E-state index in [1.165, 1.54) is 22.4 Å². The number of nitrogens with zero attached hydrogens (tertiary/aromatic N) is 2. The maximum absolute atomic E-state index is 14.6. The third-order valence-corrected chi connectivity index (χ3v) is 11.4. The average molecular weight is 687 g/mol. The summed E-state index contributed by atoms with van der Waals surface area (Å²) in [6.45, 7) is 7.69. The van der Waals surface area contributed by atoms with E-state index in [1.54, 1.807) is 5.38 Å². The van der Waals surface area contributed by atoms with E-state index in [-0.39, 0.29) is 36.0 Å². The molecule has 2 aliphatic carbocycles. The van der Waals surface area contributed by atoms with Crippen molar-refractivity contribution in [2.75, 3.05) is 6.54 Å². The van der Waals surface area contributed by atoms with Crippen LogP contribution in [0, 0.1) is 23.7 Å². The molecule has 0 bridgehead atoms. The highest BCUT2D eigenvalue weighted by atomic mass is 32.1. The third kappa shape index (κ3) is 8.07. The summed E-state index contributed by atoms with van der Waals surface area (Å²) in [5, 5.41) is 10.5. The zero-order valence-electron chi connectivity index (χ0n) is 28.4. The average Bonchev–Trinajstić information content (AvgIpc) is 3.74. The minimum atomic E-state index is -1.11. The number of carbonyl (C=O) groups excluding carboxylic acids is 6. The molecule has 4 aliphatic rings. The van der Waals surface area contributed by atoms with Crippen LogP contribution in [0.25, 0.3) is 0 Å². The van der Waals surface area contributed by atoms with E-state index in [0.29, 0.717) is 17.8 Å². The number of urea groups is 1. The molecule has 1 aromatic rings. The van der Waals surface area contributed by atoms with Gasteiger partial charge in [0.2, 0.25) is 23.4 Å². The van der Waals surface area contributed by atoms with E-state index in [0.717, 1.165) is 51.4 Å². The van der Waals surface area contributed by atoms with E-state index in [4.69, 9.17) is 10.5 Å². The lowest BCUT2D eigenvalue weighted by atomic mass is 9.80. The second-order valence-electron chi connectivity index (χ2n) is 15.0. The number of rotatable bonds is 13. The summed E-state index contributed by atoms with van der Waals surface area (Å²) in [5.41, 5.74) is 4.85. The molecule has 5 N–H and O–H groups in total. The Hall–Kier alpha value is -3.39. The number of carbonyl (C=O) groups is 6. The molecule has 3 heterocycles. The number of hydrogen-bond acceptors (Lipinski definition) is 9. The van der Waals surface area contributed by atoms with Gasteiger partial charge in [-0.1, -0.05) is 52.4 Å². The first-order valence-corrected chi connectivity index (χ1v) is 18.3. The lowest BCUT2D eigenvalue weighted by molar-refractivity contribution is -0.144. The largest absolute Gasteiger partial charge is 0.370 e. The monoisotopic (exact) mass is 686 g/mol. The van der Waals surface area contributed by atoms with E-state index < -0.39 is 65.4 Å². The topological polar surface area (TPSA) is 190 Å². The normalized spacial score (nSPS) is 25.8. The van der Waals surface area contributed by atoms with E-state index >= 15 is 0 Å². The number of ketones is 2. The number of amides is 5. The molecule has 13 nitrogen and oxygen atoms in total. The molecule has 6 atom stereocenters. The minimum Gasteiger partial charge on any atom is -0.370 e. The summed E-state index contributed by atoms with van der Waals surface area (Å²) in [4.78, 5) is 85.9. The number of aromatic nitrogens is 1. The summed E-state index contributed by atoms with van der Waals surface area (Å²) < 4.78 is 6.31. The Balaban J connectivity index is 1.39. The molecule has 2 saturated carbocycles. The van der Waals surface area contributed by atoms with Crippen molar-refractivity contribution < 1.29 is 33.5 Å². The third-order valence-electron chi connectivity index (χ3n) is 10.6. The van der Waals surface area contributed by atoms with Crippen molar-refractivity contribution in [3.63, 3.8) is 0 Å². The van der Waals surface area contributed by atoms with Gasteiger partial charge in [0, 0.05) is 24.0 Å². The van der Waals surface area contributed by atoms with Gasteiger partial charge in [-0.3, -0.25) is 24.0 Å². The van der Waals surface area contributed by atoms with Crippen LogP contribution in [0.5, 0.6) is 0 Å². The predicted octanol–water partition coefficient (Wildman–Crippen LogP) is 2.72. The van der Waals surface area contributed by atoms with Crippen LogP contribution in [0.3, 0.4) is 0 Å². The van der Waals surface area contributed by atoms with Gasteiger partial charge in [-0.2, -0.15) is 0 Å². The number of ether oxygens (including phenoxy) is 1. The molecule has 4 fully saturated rings. The first kappa shape index (κ1) is 35.9. The second-order valence-corrected chi connectivity index (χ2v) is 15.9. The van der Waals surface area contributed by atoms with Crippen LogP contribution in [0.4, 0.5) is 4.79 Å². The van der Waals surface area contributed by atoms with Crippen LogP contribution in [0.1, 0.15) is 102 Å². The van der Waals surface area contributed by atoms with Crippen LogP contribution in [-0.2, 0) is 23.9 Å². The minimum absolute atomic E-state index is 0.145. The highest BCUT2D eigenvalue weighted by Crippen LogP contribution is 2.44. The van der Waals surface area contributed by atoms with Gasteiger partial charge in [-0.25, -0.2) is 9.78 Å². The Bertz CT molecular complexity index is 1370. The van der Waals surface area contributed by atoms with Gasteiger partial charge in [0.25, 0.3) is 5.91 Å². The molecule has 5 amide bonds. The maximum atomic E-state index is 14.6. The first-order valence-electron chi connectivity index (χ1n) is 17.4.